The van der Waals surface area contributed by atoms with Crippen molar-refractivity contribution in [2.75, 3.05) is 26.2 Å². The molecule has 3 aliphatic rings. The van der Waals surface area contributed by atoms with Gasteiger partial charge in [-0.2, -0.15) is 0 Å². The minimum atomic E-state index is -0.0414. The number of pyridine rings is 1. The van der Waals surface area contributed by atoms with Gasteiger partial charge in [-0.25, -0.2) is 4.98 Å². The molecule has 2 aromatic heterocycles. The molecule has 0 spiro atoms. The van der Waals surface area contributed by atoms with Gasteiger partial charge in [0.2, 0.25) is 5.91 Å². The molecule has 3 fully saturated rings. The van der Waals surface area contributed by atoms with E-state index in [0.717, 1.165) is 50.1 Å². The van der Waals surface area contributed by atoms with Crippen molar-refractivity contribution >= 4 is 11.6 Å². The highest BCUT2D eigenvalue weighted by Gasteiger charge is 2.40. The maximum Gasteiger partial charge on any atom is 0.258 e. The van der Waals surface area contributed by atoms with Crippen LogP contribution in [-0.4, -0.2) is 51.3 Å². The molecule has 6 nitrogen and oxygen atoms in total. The van der Waals surface area contributed by atoms with E-state index < -0.39 is 0 Å². The largest absolute Gasteiger partial charge is 0.340 e. The number of amides is 1. The molecule has 0 radical (unpaired) electrons. The Morgan fingerprint density at radius 1 is 1.11 bits per heavy atom. The van der Waals surface area contributed by atoms with E-state index in [4.69, 9.17) is 0 Å². The number of rotatable bonds is 4. The zero-order valence-electron chi connectivity index (χ0n) is 16.3. The van der Waals surface area contributed by atoms with E-state index >= 15 is 0 Å². The normalized spacial score (nSPS) is 27.6. The van der Waals surface area contributed by atoms with Crippen LogP contribution in [0.1, 0.15) is 37.8 Å². The van der Waals surface area contributed by atoms with E-state index in [1.54, 1.807) is 16.7 Å². The highest BCUT2D eigenvalue weighted by Crippen LogP contribution is 2.49. The molecule has 1 saturated heterocycles. The Kier molecular flexibility index (Phi) is 4.67. The molecule has 3 heterocycles. The summed E-state index contributed by atoms with van der Waals surface area (Å²) in [6.07, 6.45) is 7.87. The lowest BCUT2D eigenvalue weighted by molar-refractivity contribution is -0.134. The summed E-state index contributed by atoms with van der Waals surface area (Å²) in [6, 6.07) is 7.21. The molecule has 0 aromatic carbocycles. The first kappa shape index (κ1) is 17.9. The van der Waals surface area contributed by atoms with E-state index in [2.05, 4.69) is 9.88 Å². The Hall–Kier alpha value is -2.21. The number of piperazine rings is 1. The first-order valence-electron chi connectivity index (χ1n) is 10.6. The Morgan fingerprint density at radius 3 is 2.71 bits per heavy atom. The monoisotopic (exact) mass is 380 g/mol. The third-order valence-electron chi connectivity index (χ3n) is 7.06. The van der Waals surface area contributed by atoms with Crippen molar-refractivity contribution in [3.8, 4) is 0 Å². The number of carbonyl (C=O) groups is 1. The molecular weight excluding hydrogens is 352 g/mol. The number of fused-ring (bicyclic) bond motifs is 3. The molecular formula is C22H28N4O2. The quantitative estimate of drug-likeness (QED) is 0.816. The van der Waals surface area contributed by atoms with Crippen LogP contribution in [0.4, 0.5) is 0 Å². The molecule has 0 unspecified atom stereocenters. The van der Waals surface area contributed by atoms with Gasteiger partial charge in [0.1, 0.15) is 5.65 Å². The lowest BCUT2D eigenvalue weighted by Gasteiger charge is -2.35. The number of hydrogen-bond acceptors (Lipinski definition) is 4. The maximum atomic E-state index is 12.7. The summed E-state index contributed by atoms with van der Waals surface area (Å²) in [5.41, 5.74) is 1.45. The standard InChI is InChI=1S/C22H28N4O2/c27-21(13-18-12-16-4-5-17(18)11-16)25-9-7-24(8-10-25)15-19-14-22(28)26-6-2-1-3-20(26)23-19/h1-3,6,14,16-18H,4-5,7-13,15H2/t16-,17-,18-/m1/s1. The summed E-state index contributed by atoms with van der Waals surface area (Å²) in [7, 11) is 0. The van der Waals surface area contributed by atoms with Gasteiger partial charge in [-0.1, -0.05) is 12.5 Å². The van der Waals surface area contributed by atoms with E-state index in [1.165, 1.54) is 25.7 Å². The summed E-state index contributed by atoms with van der Waals surface area (Å²) in [6.45, 7) is 3.92. The summed E-state index contributed by atoms with van der Waals surface area (Å²) in [5.74, 6) is 2.70. The predicted octanol–water partition coefficient (Wildman–Crippen LogP) is 2.17. The molecule has 5 rings (SSSR count). The Bertz CT molecular complexity index is 932. The molecule has 2 bridgehead atoms. The molecule has 2 aliphatic carbocycles. The van der Waals surface area contributed by atoms with E-state index in [1.807, 2.05) is 23.1 Å². The fraction of sp³-hybridized carbons (Fsp3) is 0.591. The molecule has 28 heavy (non-hydrogen) atoms. The van der Waals surface area contributed by atoms with Gasteiger partial charge in [0.25, 0.3) is 5.56 Å². The van der Waals surface area contributed by atoms with Gasteiger partial charge >= 0.3 is 0 Å². The average molecular weight is 380 g/mol. The molecule has 6 heteroatoms. The average Bonchev–Trinajstić information content (AvgIpc) is 3.32. The predicted molar refractivity (Wildman–Crippen MR) is 107 cm³/mol. The van der Waals surface area contributed by atoms with Gasteiger partial charge in [0.15, 0.2) is 0 Å². The van der Waals surface area contributed by atoms with Crippen LogP contribution in [0.5, 0.6) is 0 Å². The van der Waals surface area contributed by atoms with E-state index in [9.17, 15) is 9.59 Å². The van der Waals surface area contributed by atoms with Crippen molar-refractivity contribution in [2.24, 2.45) is 17.8 Å². The number of carbonyl (C=O) groups excluding carboxylic acids is 1. The molecule has 0 N–H and O–H groups in total. The first-order chi connectivity index (χ1) is 13.7. The third-order valence-corrected chi connectivity index (χ3v) is 7.06. The van der Waals surface area contributed by atoms with Crippen LogP contribution in [0.15, 0.2) is 35.3 Å². The maximum absolute atomic E-state index is 12.7. The lowest BCUT2D eigenvalue weighted by atomic mass is 9.86. The van der Waals surface area contributed by atoms with Gasteiger partial charge in [-0.05, 0) is 49.1 Å². The van der Waals surface area contributed by atoms with Crippen LogP contribution in [0.2, 0.25) is 0 Å². The molecule has 3 atom stereocenters. The fourth-order valence-electron chi connectivity index (χ4n) is 5.55. The second kappa shape index (κ2) is 7.32. The van der Waals surface area contributed by atoms with Crippen molar-refractivity contribution in [3.63, 3.8) is 0 Å². The van der Waals surface area contributed by atoms with Crippen molar-refractivity contribution in [2.45, 2.75) is 38.6 Å². The smallest absolute Gasteiger partial charge is 0.258 e. The summed E-state index contributed by atoms with van der Waals surface area (Å²) in [4.78, 5) is 33.9. The van der Waals surface area contributed by atoms with Gasteiger partial charge in [0, 0.05) is 51.4 Å². The molecule has 1 aliphatic heterocycles. The minimum absolute atomic E-state index is 0.0414. The molecule has 2 aromatic rings. The van der Waals surface area contributed by atoms with Gasteiger partial charge in [-0.15, -0.1) is 0 Å². The number of hydrogen-bond donors (Lipinski definition) is 0. The lowest BCUT2D eigenvalue weighted by Crippen LogP contribution is -2.48. The van der Waals surface area contributed by atoms with Crippen LogP contribution in [0.25, 0.3) is 5.65 Å². The summed E-state index contributed by atoms with van der Waals surface area (Å²) < 4.78 is 1.57. The second-order valence-corrected chi connectivity index (χ2v) is 8.81. The summed E-state index contributed by atoms with van der Waals surface area (Å²) in [5, 5.41) is 0. The highest BCUT2D eigenvalue weighted by molar-refractivity contribution is 5.76. The fourth-order valence-corrected chi connectivity index (χ4v) is 5.55. The Labute approximate surface area is 165 Å². The van der Waals surface area contributed by atoms with Crippen molar-refractivity contribution in [3.05, 3.63) is 46.5 Å². The first-order valence-corrected chi connectivity index (χ1v) is 10.6. The van der Waals surface area contributed by atoms with Crippen LogP contribution < -0.4 is 5.56 Å². The zero-order valence-corrected chi connectivity index (χ0v) is 16.3. The van der Waals surface area contributed by atoms with Crippen molar-refractivity contribution in [1.29, 1.82) is 0 Å². The minimum Gasteiger partial charge on any atom is -0.340 e. The SMILES string of the molecule is O=C(C[C@H]1C[C@@H]2CC[C@@H]1C2)N1CCN(Cc2cc(=O)n3ccccc3n2)CC1. The topological polar surface area (TPSA) is 57.9 Å². The van der Waals surface area contributed by atoms with Crippen LogP contribution in [0, 0.1) is 17.8 Å². The number of aromatic nitrogens is 2. The van der Waals surface area contributed by atoms with Crippen LogP contribution in [0.3, 0.4) is 0 Å². The summed E-state index contributed by atoms with van der Waals surface area (Å²) >= 11 is 0. The van der Waals surface area contributed by atoms with E-state index in [-0.39, 0.29) is 5.56 Å². The Balaban J connectivity index is 1.16. The molecule has 2 saturated carbocycles. The van der Waals surface area contributed by atoms with E-state index in [0.29, 0.717) is 24.0 Å². The molecule has 148 valence electrons. The van der Waals surface area contributed by atoms with Gasteiger partial charge < -0.3 is 4.90 Å². The number of nitrogens with zero attached hydrogens (tertiary/aromatic N) is 4. The molecule has 1 amide bonds. The zero-order chi connectivity index (χ0) is 19.1. The van der Waals surface area contributed by atoms with Crippen molar-refractivity contribution in [1.82, 2.24) is 19.2 Å². The van der Waals surface area contributed by atoms with Crippen LogP contribution >= 0.6 is 0 Å². The van der Waals surface area contributed by atoms with Gasteiger partial charge in [-0.3, -0.25) is 18.9 Å². The Morgan fingerprint density at radius 2 is 1.96 bits per heavy atom. The third kappa shape index (κ3) is 3.46. The van der Waals surface area contributed by atoms with Crippen molar-refractivity contribution < 1.29 is 4.79 Å². The van der Waals surface area contributed by atoms with Crippen LogP contribution in [-0.2, 0) is 11.3 Å². The second-order valence-electron chi connectivity index (χ2n) is 8.81. The highest BCUT2D eigenvalue weighted by atomic mass is 16.2. The van der Waals surface area contributed by atoms with Gasteiger partial charge in [0.05, 0.1) is 5.69 Å².